The first-order chi connectivity index (χ1) is 11.8. The third-order valence-electron chi connectivity index (χ3n) is 4.35. The van der Waals surface area contributed by atoms with Crippen molar-refractivity contribution in [2.24, 2.45) is 0 Å². The molecule has 4 aromatic rings. The fourth-order valence-corrected chi connectivity index (χ4v) is 4.11. The van der Waals surface area contributed by atoms with Crippen molar-refractivity contribution in [2.45, 2.75) is 5.41 Å². The minimum absolute atomic E-state index is 0.190. The second kappa shape index (κ2) is 5.55. The van der Waals surface area contributed by atoms with E-state index in [2.05, 4.69) is 11.1 Å². The molecule has 1 atom stereocenters. The molecule has 0 unspecified atom stereocenters. The van der Waals surface area contributed by atoms with Crippen LogP contribution in [0.1, 0.15) is 16.0 Å². The van der Waals surface area contributed by atoms with Gasteiger partial charge < -0.3 is 10.1 Å². The summed E-state index contributed by atoms with van der Waals surface area (Å²) in [6.45, 7) is 0. The monoisotopic (exact) mass is 330 g/mol. The molecule has 4 heteroatoms. The normalized spacial score (nSPS) is 13.5. The molecule has 0 radical (unpaired) electrons. The van der Waals surface area contributed by atoms with Crippen molar-refractivity contribution < 1.29 is 5.11 Å². The summed E-state index contributed by atoms with van der Waals surface area (Å²) in [7, 11) is 0. The number of benzene rings is 2. The van der Waals surface area contributed by atoms with E-state index >= 15 is 0 Å². The fraction of sp³-hybridized carbons (Fsp3) is 0.0500. The number of nitriles is 1. The molecule has 0 spiro atoms. The quantitative estimate of drug-likeness (QED) is 0.567. The Morgan fingerprint density at radius 3 is 2.50 bits per heavy atom. The van der Waals surface area contributed by atoms with Gasteiger partial charge in [-0.05, 0) is 35.2 Å². The number of thiophene rings is 1. The molecule has 0 saturated carbocycles. The lowest BCUT2D eigenvalue weighted by Gasteiger charge is -2.26. The van der Waals surface area contributed by atoms with Gasteiger partial charge in [0.15, 0.2) is 0 Å². The summed E-state index contributed by atoms with van der Waals surface area (Å²) in [5.74, 6) is 0.190. The summed E-state index contributed by atoms with van der Waals surface area (Å²) in [5, 5.41) is 22.9. The van der Waals surface area contributed by atoms with Gasteiger partial charge >= 0.3 is 0 Å². The molecule has 0 bridgehead atoms. The van der Waals surface area contributed by atoms with E-state index in [9.17, 15) is 10.4 Å². The molecule has 4 rings (SSSR count). The Morgan fingerprint density at radius 1 is 1.00 bits per heavy atom. The molecule has 3 nitrogen and oxygen atoms in total. The van der Waals surface area contributed by atoms with Crippen LogP contribution in [0.3, 0.4) is 0 Å². The van der Waals surface area contributed by atoms with Crippen molar-refractivity contribution in [2.75, 3.05) is 0 Å². The predicted molar refractivity (Wildman–Crippen MR) is 96.2 cm³/mol. The van der Waals surface area contributed by atoms with E-state index < -0.39 is 5.41 Å². The van der Waals surface area contributed by atoms with Crippen LogP contribution in [0.25, 0.3) is 10.9 Å². The lowest BCUT2D eigenvalue weighted by atomic mass is 9.74. The van der Waals surface area contributed by atoms with E-state index in [1.807, 2.05) is 60.1 Å². The molecule has 116 valence electrons. The predicted octanol–water partition coefficient (Wildman–Crippen LogP) is 4.79. The first-order valence-electron chi connectivity index (χ1n) is 7.57. The lowest BCUT2D eigenvalue weighted by Crippen LogP contribution is -2.26. The van der Waals surface area contributed by atoms with Crippen LogP contribution in [0.2, 0.25) is 0 Å². The smallest absolute Gasteiger partial charge is 0.143 e. The number of rotatable bonds is 3. The minimum atomic E-state index is -0.915. The van der Waals surface area contributed by atoms with Gasteiger partial charge in [-0.3, -0.25) is 0 Å². The molecule has 0 amide bonds. The molecule has 0 fully saturated rings. The van der Waals surface area contributed by atoms with Crippen LogP contribution in [0.4, 0.5) is 0 Å². The van der Waals surface area contributed by atoms with Crippen molar-refractivity contribution >= 4 is 22.2 Å². The Kier molecular flexibility index (Phi) is 3.37. The molecule has 24 heavy (non-hydrogen) atoms. The number of para-hydroxylation sites is 1. The second-order valence-corrected chi connectivity index (χ2v) is 6.58. The Labute approximate surface area is 143 Å². The Bertz CT molecular complexity index is 1030. The van der Waals surface area contributed by atoms with Crippen molar-refractivity contribution in [3.8, 4) is 11.8 Å². The highest BCUT2D eigenvalue weighted by Gasteiger charge is 2.39. The number of phenolic OH excluding ortho intramolecular Hbond substituents is 1. The Balaban J connectivity index is 2.08. The van der Waals surface area contributed by atoms with Gasteiger partial charge in [0.05, 0.1) is 6.07 Å². The Morgan fingerprint density at radius 2 is 1.79 bits per heavy atom. The first kappa shape index (κ1) is 14.6. The molecule has 2 aromatic carbocycles. The van der Waals surface area contributed by atoms with Crippen LogP contribution >= 0.6 is 11.3 Å². The first-order valence-corrected chi connectivity index (χ1v) is 8.45. The van der Waals surface area contributed by atoms with E-state index in [0.29, 0.717) is 0 Å². The van der Waals surface area contributed by atoms with Gasteiger partial charge in [0, 0.05) is 27.5 Å². The topological polar surface area (TPSA) is 59.8 Å². The number of H-pyrrole nitrogens is 1. The summed E-state index contributed by atoms with van der Waals surface area (Å²) in [6.07, 6.45) is 1.92. The summed E-state index contributed by atoms with van der Waals surface area (Å²) in [4.78, 5) is 4.23. The zero-order valence-electron chi connectivity index (χ0n) is 12.7. The van der Waals surface area contributed by atoms with Crippen LogP contribution in [0.15, 0.2) is 72.2 Å². The number of hydrogen-bond donors (Lipinski definition) is 2. The van der Waals surface area contributed by atoms with Crippen LogP contribution in [-0.2, 0) is 5.41 Å². The highest BCUT2D eigenvalue weighted by atomic mass is 32.1. The number of fused-ring (bicyclic) bond motifs is 1. The van der Waals surface area contributed by atoms with Crippen LogP contribution in [0, 0.1) is 11.3 Å². The maximum atomic E-state index is 10.3. The van der Waals surface area contributed by atoms with E-state index in [4.69, 9.17) is 0 Å². The van der Waals surface area contributed by atoms with Gasteiger partial charge in [-0.1, -0.05) is 36.4 Å². The van der Waals surface area contributed by atoms with Gasteiger partial charge in [0.1, 0.15) is 11.2 Å². The molecule has 0 aliphatic carbocycles. The maximum Gasteiger partial charge on any atom is 0.143 e. The van der Waals surface area contributed by atoms with E-state index in [0.717, 1.165) is 26.9 Å². The number of phenols is 1. The number of hydrogen-bond acceptors (Lipinski definition) is 3. The van der Waals surface area contributed by atoms with Gasteiger partial charge in [-0.2, -0.15) is 5.26 Å². The van der Waals surface area contributed by atoms with E-state index in [-0.39, 0.29) is 5.75 Å². The standard InChI is InChI=1S/C20H14N2OS/c21-13-20(19-6-3-11-24-19,14-7-9-15(23)10-8-14)17-12-22-18-5-2-1-4-16(17)18/h1-12,22-23H/t20-/m1/s1. The van der Waals surface area contributed by atoms with Crippen molar-refractivity contribution in [1.29, 1.82) is 5.26 Å². The maximum absolute atomic E-state index is 10.3. The van der Waals surface area contributed by atoms with Crippen molar-refractivity contribution in [1.82, 2.24) is 4.98 Å². The number of nitrogens with one attached hydrogen (secondary N) is 1. The van der Waals surface area contributed by atoms with Crippen LogP contribution < -0.4 is 0 Å². The van der Waals surface area contributed by atoms with E-state index in [1.54, 1.807) is 23.5 Å². The SMILES string of the molecule is N#C[C@](c1ccc(O)cc1)(c1cccs1)c1c[nH]c2ccccc12. The molecule has 0 aliphatic heterocycles. The molecule has 2 aromatic heterocycles. The average molecular weight is 330 g/mol. The van der Waals surface area contributed by atoms with Gasteiger partial charge in [-0.15, -0.1) is 11.3 Å². The molecular weight excluding hydrogens is 316 g/mol. The molecular formula is C20H14N2OS. The molecule has 0 saturated heterocycles. The highest BCUT2D eigenvalue weighted by Crippen LogP contribution is 2.44. The molecule has 2 N–H and O–H groups in total. The minimum Gasteiger partial charge on any atom is -0.508 e. The van der Waals surface area contributed by atoms with Gasteiger partial charge in [0.25, 0.3) is 0 Å². The molecule has 0 aliphatic rings. The summed E-state index contributed by atoms with van der Waals surface area (Å²) in [5.41, 5.74) is 1.85. The number of aromatic amines is 1. The van der Waals surface area contributed by atoms with Crippen LogP contribution in [0.5, 0.6) is 5.75 Å². The van der Waals surface area contributed by atoms with E-state index in [1.165, 1.54) is 0 Å². The largest absolute Gasteiger partial charge is 0.508 e. The van der Waals surface area contributed by atoms with Crippen molar-refractivity contribution in [3.05, 3.63) is 88.2 Å². The Hall–Kier alpha value is -3.03. The lowest BCUT2D eigenvalue weighted by molar-refractivity contribution is 0.475. The van der Waals surface area contributed by atoms with Gasteiger partial charge in [0.2, 0.25) is 0 Å². The van der Waals surface area contributed by atoms with Crippen LogP contribution in [-0.4, -0.2) is 10.1 Å². The number of aromatic hydroxyl groups is 1. The third kappa shape index (κ3) is 2.03. The average Bonchev–Trinajstić information content (AvgIpc) is 3.29. The van der Waals surface area contributed by atoms with Gasteiger partial charge in [-0.25, -0.2) is 0 Å². The summed E-state index contributed by atoms with van der Waals surface area (Å²) < 4.78 is 0. The fourth-order valence-electron chi connectivity index (χ4n) is 3.20. The third-order valence-corrected chi connectivity index (χ3v) is 5.34. The van der Waals surface area contributed by atoms with Crippen molar-refractivity contribution in [3.63, 3.8) is 0 Å². The summed E-state index contributed by atoms with van der Waals surface area (Å²) in [6, 6.07) is 21.4. The number of nitrogens with zero attached hydrogens (tertiary/aromatic N) is 1. The molecule has 2 heterocycles. The zero-order valence-corrected chi connectivity index (χ0v) is 13.5. The zero-order chi connectivity index (χ0) is 16.6. The number of aromatic nitrogens is 1. The highest BCUT2D eigenvalue weighted by molar-refractivity contribution is 7.10. The second-order valence-electron chi connectivity index (χ2n) is 5.63. The summed E-state index contributed by atoms with van der Waals surface area (Å²) >= 11 is 1.56.